The van der Waals surface area contributed by atoms with Gasteiger partial charge in [-0.05, 0) is 6.26 Å². The molecule has 7 nitrogen and oxygen atoms in total. The van der Waals surface area contributed by atoms with E-state index in [0.717, 1.165) is 11.1 Å². The van der Waals surface area contributed by atoms with Crippen LogP contribution in [0.25, 0.3) is 11.0 Å². The number of nitrogens with zero attached hydrogens (tertiary/aromatic N) is 2. The van der Waals surface area contributed by atoms with E-state index in [1.165, 1.54) is 18.1 Å². The number of aliphatic hydroxyl groups excluding tert-OH is 2. The van der Waals surface area contributed by atoms with Gasteiger partial charge in [-0.3, -0.25) is 0 Å². The fourth-order valence-electron chi connectivity index (χ4n) is 2.00. The highest BCUT2D eigenvalue weighted by molar-refractivity contribution is 7.98. The molecule has 2 atom stereocenters. The third kappa shape index (κ3) is 3.21. The number of hydrogen-bond donors (Lipinski definition) is 5. The van der Waals surface area contributed by atoms with Crippen molar-refractivity contribution < 1.29 is 10.2 Å². The van der Waals surface area contributed by atoms with Crippen LogP contribution >= 0.6 is 11.8 Å². The Hall–Kier alpha value is -1.35. The van der Waals surface area contributed by atoms with Gasteiger partial charge in [-0.2, -0.15) is 11.8 Å². The highest BCUT2D eigenvalue weighted by atomic mass is 32.2. The van der Waals surface area contributed by atoms with Crippen molar-refractivity contribution in [2.24, 2.45) is 0 Å². The van der Waals surface area contributed by atoms with Crippen LogP contribution in [0.1, 0.15) is 5.56 Å². The molecule has 0 spiro atoms. The average molecular weight is 297 g/mol. The molecule has 0 saturated heterocycles. The molecule has 0 radical (unpaired) electrons. The average Bonchev–Trinajstić information content (AvgIpc) is 2.85. The van der Waals surface area contributed by atoms with Gasteiger partial charge in [-0.1, -0.05) is 0 Å². The Kier molecular flexibility index (Phi) is 5.18. The van der Waals surface area contributed by atoms with E-state index in [4.69, 9.17) is 5.73 Å². The third-order valence-corrected chi connectivity index (χ3v) is 3.80. The van der Waals surface area contributed by atoms with Crippen molar-refractivity contribution in [1.82, 2.24) is 20.3 Å². The first kappa shape index (κ1) is 15.0. The Morgan fingerprint density at radius 3 is 3.00 bits per heavy atom. The van der Waals surface area contributed by atoms with Gasteiger partial charge in [0.25, 0.3) is 0 Å². The molecule has 110 valence electrons. The van der Waals surface area contributed by atoms with Crippen LogP contribution in [-0.2, 0) is 6.54 Å². The zero-order chi connectivity index (χ0) is 14.5. The van der Waals surface area contributed by atoms with E-state index < -0.39 is 6.10 Å². The van der Waals surface area contributed by atoms with Gasteiger partial charge in [0.2, 0.25) is 0 Å². The topological polar surface area (TPSA) is 120 Å². The lowest BCUT2D eigenvalue weighted by Crippen LogP contribution is -2.43. The van der Waals surface area contributed by atoms with Crippen LogP contribution in [0.4, 0.5) is 5.82 Å². The predicted octanol–water partition coefficient (Wildman–Crippen LogP) is -0.286. The van der Waals surface area contributed by atoms with Gasteiger partial charge >= 0.3 is 0 Å². The van der Waals surface area contributed by atoms with Crippen LogP contribution in [0.3, 0.4) is 0 Å². The number of nitrogens with two attached hydrogens (primary N) is 1. The Morgan fingerprint density at radius 2 is 2.30 bits per heavy atom. The summed E-state index contributed by atoms with van der Waals surface area (Å²) in [5, 5.41) is 22.4. The van der Waals surface area contributed by atoms with Crippen LogP contribution in [0.2, 0.25) is 0 Å². The molecule has 2 heterocycles. The number of nitrogens with one attached hydrogen (secondary N) is 2. The number of hydrogen-bond acceptors (Lipinski definition) is 7. The molecule has 6 N–H and O–H groups in total. The third-order valence-electron chi connectivity index (χ3n) is 3.12. The number of nitrogen functional groups attached to an aromatic ring is 1. The van der Waals surface area contributed by atoms with E-state index >= 15 is 0 Å². The molecule has 2 aromatic heterocycles. The van der Waals surface area contributed by atoms with Crippen molar-refractivity contribution in [2.75, 3.05) is 24.3 Å². The molecular weight excluding hydrogens is 278 g/mol. The molecule has 0 saturated carbocycles. The smallest absolute Gasteiger partial charge is 0.151 e. The molecule has 0 amide bonds. The largest absolute Gasteiger partial charge is 0.395 e. The molecular formula is C12H19N5O2S. The van der Waals surface area contributed by atoms with E-state index in [1.807, 2.05) is 6.26 Å². The molecule has 2 rings (SSSR count). The maximum Gasteiger partial charge on any atom is 0.151 e. The number of anilines is 1. The highest BCUT2D eigenvalue weighted by Gasteiger charge is 2.18. The second-order valence-electron chi connectivity index (χ2n) is 4.49. The Bertz CT molecular complexity index is 562. The van der Waals surface area contributed by atoms with Crippen molar-refractivity contribution in [3.8, 4) is 0 Å². The van der Waals surface area contributed by atoms with Gasteiger partial charge in [0.15, 0.2) is 5.82 Å². The fraction of sp³-hybridized carbons (Fsp3) is 0.500. The second-order valence-corrected chi connectivity index (χ2v) is 5.40. The van der Waals surface area contributed by atoms with Crippen LogP contribution < -0.4 is 11.1 Å². The van der Waals surface area contributed by atoms with Crippen molar-refractivity contribution in [3.05, 3.63) is 18.1 Å². The number of H-pyrrole nitrogens is 1. The first-order chi connectivity index (χ1) is 9.67. The molecule has 0 aliphatic heterocycles. The zero-order valence-electron chi connectivity index (χ0n) is 11.2. The number of aliphatic hydroxyl groups is 2. The number of rotatable bonds is 7. The van der Waals surface area contributed by atoms with Crippen molar-refractivity contribution >= 4 is 28.6 Å². The minimum absolute atomic E-state index is 0.124. The summed E-state index contributed by atoms with van der Waals surface area (Å²) in [6, 6.07) is -0.369. The van der Waals surface area contributed by atoms with E-state index in [2.05, 4.69) is 20.3 Å². The maximum atomic E-state index is 9.90. The lowest BCUT2D eigenvalue weighted by Gasteiger charge is -2.21. The summed E-state index contributed by atoms with van der Waals surface area (Å²) >= 11 is 1.54. The Balaban J connectivity index is 2.07. The SMILES string of the molecule is CSC[C@@H](O)C(CO)NCc1c[nH]c2c(N)ncnc12. The van der Waals surface area contributed by atoms with E-state index in [0.29, 0.717) is 23.6 Å². The molecule has 0 fully saturated rings. The molecule has 8 heteroatoms. The maximum absolute atomic E-state index is 9.90. The van der Waals surface area contributed by atoms with Crippen molar-refractivity contribution in [1.29, 1.82) is 0 Å². The van der Waals surface area contributed by atoms with Gasteiger partial charge in [0, 0.05) is 24.1 Å². The summed E-state index contributed by atoms with van der Waals surface area (Å²) in [5.41, 5.74) is 8.13. The fourth-order valence-corrected chi connectivity index (χ4v) is 2.57. The summed E-state index contributed by atoms with van der Waals surface area (Å²) < 4.78 is 0. The number of fused-ring (bicyclic) bond motifs is 1. The molecule has 2 aromatic rings. The molecule has 0 bridgehead atoms. The number of aromatic nitrogens is 3. The minimum Gasteiger partial charge on any atom is -0.395 e. The van der Waals surface area contributed by atoms with Gasteiger partial charge < -0.3 is 26.2 Å². The highest BCUT2D eigenvalue weighted by Crippen LogP contribution is 2.19. The Morgan fingerprint density at radius 1 is 1.50 bits per heavy atom. The van der Waals surface area contributed by atoms with Gasteiger partial charge in [-0.15, -0.1) is 0 Å². The molecule has 1 unspecified atom stereocenters. The van der Waals surface area contributed by atoms with Crippen molar-refractivity contribution in [2.45, 2.75) is 18.7 Å². The summed E-state index contributed by atoms with van der Waals surface area (Å²) in [7, 11) is 0. The lowest BCUT2D eigenvalue weighted by atomic mass is 10.2. The van der Waals surface area contributed by atoms with Crippen LogP contribution in [0.5, 0.6) is 0 Å². The van der Waals surface area contributed by atoms with Crippen LogP contribution in [0.15, 0.2) is 12.5 Å². The lowest BCUT2D eigenvalue weighted by molar-refractivity contribution is 0.106. The monoisotopic (exact) mass is 297 g/mol. The van der Waals surface area contributed by atoms with E-state index in [-0.39, 0.29) is 12.6 Å². The van der Waals surface area contributed by atoms with E-state index in [9.17, 15) is 10.2 Å². The summed E-state index contributed by atoms with van der Waals surface area (Å²) in [6.07, 6.45) is 4.54. The van der Waals surface area contributed by atoms with E-state index in [1.54, 1.807) is 6.20 Å². The Labute approximate surface area is 121 Å². The first-order valence-electron chi connectivity index (χ1n) is 6.25. The molecule has 20 heavy (non-hydrogen) atoms. The molecule has 0 aliphatic carbocycles. The first-order valence-corrected chi connectivity index (χ1v) is 7.64. The van der Waals surface area contributed by atoms with Gasteiger partial charge in [0.1, 0.15) is 11.8 Å². The standard InChI is InChI=1S/C12H19N5O2S/c1-20-5-9(19)8(4-18)14-2-7-3-15-11-10(7)16-6-17-12(11)13/h3,6,8-9,14-15,18-19H,2,4-5H2,1H3,(H2,13,16,17)/t8?,9-/m1/s1. The summed E-state index contributed by atoms with van der Waals surface area (Å²) in [6.45, 7) is 0.355. The quantitative estimate of drug-likeness (QED) is 0.476. The van der Waals surface area contributed by atoms with Gasteiger partial charge in [-0.25, -0.2) is 9.97 Å². The second kappa shape index (κ2) is 6.89. The summed E-state index contributed by atoms with van der Waals surface area (Å²) in [5.74, 6) is 0.976. The van der Waals surface area contributed by atoms with Crippen LogP contribution in [0, 0.1) is 0 Å². The normalized spacial score (nSPS) is 14.6. The number of aromatic amines is 1. The number of thioether (sulfide) groups is 1. The zero-order valence-corrected chi connectivity index (χ0v) is 12.0. The van der Waals surface area contributed by atoms with Crippen LogP contribution in [-0.4, -0.2) is 55.9 Å². The minimum atomic E-state index is -0.597. The molecule has 0 aliphatic rings. The van der Waals surface area contributed by atoms with Crippen molar-refractivity contribution in [3.63, 3.8) is 0 Å². The summed E-state index contributed by atoms with van der Waals surface area (Å²) in [4.78, 5) is 11.1. The van der Waals surface area contributed by atoms with Gasteiger partial charge in [0.05, 0.1) is 24.3 Å². The predicted molar refractivity (Wildman–Crippen MR) is 80.4 cm³/mol. The molecule has 0 aromatic carbocycles.